The van der Waals surface area contributed by atoms with E-state index in [1.54, 1.807) is 22.7 Å². The monoisotopic (exact) mass is 350 g/mol. The molecule has 0 amide bonds. The highest BCUT2D eigenvalue weighted by atomic mass is 35.5. The molecule has 120 valence electrons. The molecule has 0 aliphatic carbocycles. The number of nitrogens with one attached hydrogen (secondary N) is 1. The second-order valence-electron chi connectivity index (χ2n) is 5.40. The minimum absolute atomic E-state index is 0.546. The lowest BCUT2D eigenvalue weighted by atomic mass is 10.2. The van der Waals surface area contributed by atoms with Crippen molar-refractivity contribution in [1.29, 1.82) is 0 Å². The minimum Gasteiger partial charge on any atom is -0.367 e. The number of rotatable bonds is 5. The maximum atomic E-state index is 6.07. The third-order valence-corrected chi connectivity index (χ3v) is 3.69. The van der Waals surface area contributed by atoms with Crippen LogP contribution in [0.4, 0.5) is 5.82 Å². The zero-order valence-electron chi connectivity index (χ0n) is 12.8. The Morgan fingerprint density at radius 1 is 1.09 bits per heavy atom. The Hall–Kier alpha value is -1.89. The van der Waals surface area contributed by atoms with Crippen molar-refractivity contribution in [2.75, 3.05) is 32.5 Å². The van der Waals surface area contributed by atoms with E-state index >= 15 is 0 Å². The van der Waals surface area contributed by atoms with Crippen molar-refractivity contribution in [1.82, 2.24) is 24.7 Å². The second kappa shape index (κ2) is 6.70. The summed E-state index contributed by atoms with van der Waals surface area (Å²) in [4.78, 5) is 2.10. The van der Waals surface area contributed by atoms with E-state index < -0.39 is 0 Å². The lowest BCUT2D eigenvalue weighted by molar-refractivity contribution is 0.425. The molecule has 0 fully saturated rings. The van der Waals surface area contributed by atoms with E-state index in [0.717, 1.165) is 24.5 Å². The van der Waals surface area contributed by atoms with Crippen molar-refractivity contribution in [3.63, 3.8) is 0 Å². The molecule has 8 heteroatoms. The van der Waals surface area contributed by atoms with Gasteiger partial charge in [-0.3, -0.25) is 0 Å². The Kier molecular flexibility index (Phi) is 4.66. The molecule has 3 rings (SSSR count). The molecule has 1 N–H and O–H groups in total. The van der Waals surface area contributed by atoms with E-state index in [2.05, 4.69) is 25.5 Å². The number of hydrogen-bond acceptors (Lipinski definition) is 5. The normalized spacial score (nSPS) is 11.3. The Bertz CT molecular complexity index is 810. The smallest absolute Gasteiger partial charge is 0.185 e. The van der Waals surface area contributed by atoms with Crippen molar-refractivity contribution >= 4 is 34.7 Å². The third kappa shape index (κ3) is 3.72. The Balaban J connectivity index is 1.95. The first-order valence-electron chi connectivity index (χ1n) is 7.10. The van der Waals surface area contributed by atoms with Gasteiger partial charge in [0.15, 0.2) is 11.5 Å². The summed E-state index contributed by atoms with van der Waals surface area (Å²) in [6.45, 7) is 1.71. The minimum atomic E-state index is 0.546. The first-order chi connectivity index (χ1) is 11.0. The average Bonchev–Trinajstić information content (AvgIpc) is 2.89. The Labute approximate surface area is 144 Å². The maximum Gasteiger partial charge on any atom is 0.185 e. The van der Waals surface area contributed by atoms with Gasteiger partial charge in [-0.1, -0.05) is 23.2 Å². The molecule has 23 heavy (non-hydrogen) atoms. The Morgan fingerprint density at radius 3 is 2.52 bits per heavy atom. The van der Waals surface area contributed by atoms with Crippen molar-refractivity contribution in [2.24, 2.45) is 0 Å². The quantitative estimate of drug-likeness (QED) is 0.766. The summed E-state index contributed by atoms with van der Waals surface area (Å²) in [5.74, 6) is 1.36. The fourth-order valence-corrected chi connectivity index (χ4v) is 2.68. The molecular formula is C15H16Cl2N6. The van der Waals surface area contributed by atoms with E-state index in [-0.39, 0.29) is 0 Å². The lowest BCUT2D eigenvalue weighted by Crippen LogP contribution is -2.21. The van der Waals surface area contributed by atoms with Crippen LogP contribution >= 0.6 is 23.2 Å². The standard InChI is InChI=1S/C15H16Cl2N6/c1-22(2)6-5-18-13-3-4-14-19-20-15(23(14)21-13)10-7-11(16)9-12(17)8-10/h3-4,7-9H,5-6H2,1-2H3,(H,18,21). The first kappa shape index (κ1) is 16.0. The molecule has 0 bridgehead atoms. The first-order valence-corrected chi connectivity index (χ1v) is 7.86. The third-order valence-electron chi connectivity index (χ3n) is 3.25. The van der Waals surface area contributed by atoms with Gasteiger partial charge in [0.25, 0.3) is 0 Å². The van der Waals surface area contributed by atoms with Crippen LogP contribution in [0.3, 0.4) is 0 Å². The predicted octanol–water partition coefficient (Wildman–Crippen LogP) is 3.07. The molecule has 0 radical (unpaired) electrons. The molecule has 1 aromatic carbocycles. The fourth-order valence-electron chi connectivity index (χ4n) is 2.15. The van der Waals surface area contributed by atoms with Gasteiger partial charge in [0, 0.05) is 28.7 Å². The number of hydrogen-bond donors (Lipinski definition) is 1. The summed E-state index contributed by atoms with van der Waals surface area (Å²) in [5.41, 5.74) is 1.43. The molecule has 0 saturated heterocycles. The molecule has 0 atom stereocenters. The van der Waals surface area contributed by atoms with Crippen LogP contribution in [0.25, 0.3) is 17.0 Å². The van der Waals surface area contributed by atoms with Crippen LogP contribution in [0.2, 0.25) is 10.0 Å². The van der Waals surface area contributed by atoms with Gasteiger partial charge in [0.05, 0.1) is 0 Å². The van der Waals surface area contributed by atoms with Gasteiger partial charge in [-0.25, -0.2) is 0 Å². The Morgan fingerprint density at radius 2 is 1.83 bits per heavy atom. The summed E-state index contributed by atoms with van der Waals surface area (Å²) in [7, 11) is 4.05. The van der Waals surface area contributed by atoms with Gasteiger partial charge >= 0.3 is 0 Å². The van der Waals surface area contributed by atoms with Crippen LogP contribution in [-0.2, 0) is 0 Å². The van der Waals surface area contributed by atoms with E-state index in [1.165, 1.54) is 0 Å². The molecule has 2 aromatic heterocycles. The summed E-state index contributed by atoms with van der Waals surface area (Å²) in [6.07, 6.45) is 0. The zero-order valence-corrected chi connectivity index (χ0v) is 14.3. The zero-order chi connectivity index (χ0) is 16.4. The number of benzene rings is 1. The van der Waals surface area contributed by atoms with E-state index in [1.807, 2.05) is 26.2 Å². The molecule has 0 spiro atoms. The predicted molar refractivity (Wildman–Crippen MR) is 93.3 cm³/mol. The highest BCUT2D eigenvalue weighted by Crippen LogP contribution is 2.26. The maximum absolute atomic E-state index is 6.07. The molecule has 6 nitrogen and oxygen atoms in total. The SMILES string of the molecule is CN(C)CCNc1ccc2nnc(-c3cc(Cl)cc(Cl)c3)n2n1. The molecule has 3 aromatic rings. The van der Waals surface area contributed by atoms with Gasteiger partial charge < -0.3 is 10.2 Å². The number of nitrogens with zero attached hydrogens (tertiary/aromatic N) is 5. The molecule has 2 heterocycles. The van der Waals surface area contributed by atoms with Crippen LogP contribution in [0.1, 0.15) is 0 Å². The number of anilines is 1. The number of likely N-dealkylation sites (N-methyl/N-ethyl adjacent to an activating group) is 1. The summed E-state index contributed by atoms with van der Waals surface area (Å²) >= 11 is 12.1. The molecule has 0 aliphatic rings. The van der Waals surface area contributed by atoms with Crippen molar-refractivity contribution in [3.05, 3.63) is 40.4 Å². The summed E-state index contributed by atoms with van der Waals surface area (Å²) < 4.78 is 1.68. The van der Waals surface area contributed by atoms with Gasteiger partial charge in [-0.15, -0.1) is 15.3 Å². The second-order valence-corrected chi connectivity index (χ2v) is 6.27. The number of aromatic nitrogens is 4. The van der Waals surface area contributed by atoms with Gasteiger partial charge in [0.1, 0.15) is 5.82 Å². The summed E-state index contributed by atoms with van der Waals surface area (Å²) in [5, 5.41) is 17.2. The van der Waals surface area contributed by atoms with Gasteiger partial charge in [-0.2, -0.15) is 4.52 Å². The van der Waals surface area contributed by atoms with Gasteiger partial charge in [0.2, 0.25) is 0 Å². The van der Waals surface area contributed by atoms with Crippen molar-refractivity contribution < 1.29 is 0 Å². The van der Waals surface area contributed by atoms with Crippen LogP contribution < -0.4 is 5.32 Å². The van der Waals surface area contributed by atoms with Crippen LogP contribution in [0.15, 0.2) is 30.3 Å². The number of fused-ring (bicyclic) bond motifs is 1. The molecule has 0 unspecified atom stereocenters. The summed E-state index contributed by atoms with van der Waals surface area (Å²) in [6, 6.07) is 9.01. The average molecular weight is 351 g/mol. The van der Waals surface area contributed by atoms with Gasteiger partial charge in [-0.05, 0) is 44.4 Å². The van der Waals surface area contributed by atoms with E-state index in [4.69, 9.17) is 23.2 Å². The highest BCUT2D eigenvalue weighted by Gasteiger charge is 2.11. The number of halogens is 2. The fraction of sp³-hybridized carbons (Fsp3) is 0.267. The molecule has 0 saturated carbocycles. The van der Waals surface area contributed by atoms with Crippen LogP contribution in [-0.4, -0.2) is 51.9 Å². The highest BCUT2D eigenvalue weighted by molar-refractivity contribution is 6.35. The van der Waals surface area contributed by atoms with E-state index in [9.17, 15) is 0 Å². The molecular weight excluding hydrogens is 335 g/mol. The van der Waals surface area contributed by atoms with E-state index in [0.29, 0.717) is 21.5 Å². The largest absolute Gasteiger partial charge is 0.367 e. The topological polar surface area (TPSA) is 58.3 Å². The van der Waals surface area contributed by atoms with Crippen LogP contribution in [0, 0.1) is 0 Å². The van der Waals surface area contributed by atoms with Crippen molar-refractivity contribution in [3.8, 4) is 11.4 Å². The molecule has 0 aliphatic heterocycles. The van der Waals surface area contributed by atoms with Crippen LogP contribution in [0.5, 0.6) is 0 Å². The van der Waals surface area contributed by atoms with Crippen molar-refractivity contribution in [2.45, 2.75) is 0 Å². The lowest BCUT2D eigenvalue weighted by Gasteiger charge is -2.10.